The third kappa shape index (κ3) is 6.30. The number of urea groups is 1. The Morgan fingerprint density at radius 1 is 1.06 bits per heavy atom. The van der Waals surface area contributed by atoms with Crippen molar-refractivity contribution in [3.8, 4) is 11.3 Å². The van der Waals surface area contributed by atoms with Crippen LogP contribution in [0.2, 0.25) is 0 Å². The molecule has 0 aliphatic rings. The normalized spacial score (nSPS) is 11.5. The fourth-order valence-electron chi connectivity index (χ4n) is 3.20. The Morgan fingerprint density at radius 2 is 1.94 bits per heavy atom. The molecule has 0 unspecified atom stereocenters. The van der Waals surface area contributed by atoms with Gasteiger partial charge in [-0.3, -0.25) is 14.2 Å². The zero-order valence-corrected chi connectivity index (χ0v) is 17.8. The van der Waals surface area contributed by atoms with E-state index in [1.807, 2.05) is 47.0 Å². The molecule has 8 nitrogen and oxygen atoms in total. The van der Waals surface area contributed by atoms with E-state index in [-0.39, 0.29) is 0 Å². The summed E-state index contributed by atoms with van der Waals surface area (Å²) in [6.45, 7) is -0.593. The molecule has 4 rings (SSSR count). The van der Waals surface area contributed by atoms with E-state index in [1.165, 1.54) is 0 Å². The Hall–Kier alpha value is -3.96. The molecule has 3 aromatic heterocycles. The predicted octanol–water partition coefficient (Wildman–Crippen LogP) is 4.30. The highest BCUT2D eigenvalue weighted by atomic mass is 19.4. The SMILES string of the molecule is O=C(NCC(F)(F)F)Nc1cccc(-c2cnc3cc(CNOCc4ccccn4)ccn23)c1. The number of benzene rings is 1. The number of fused-ring (bicyclic) bond motifs is 1. The monoisotopic (exact) mass is 470 g/mol. The Labute approximate surface area is 192 Å². The van der Waals surface area contributed by atoms with E-state index in [9.17, 15) is 18.0 Å². The molecule has 176 valence electrons. The Balaban J connectivity index is 1.39. The molecule has 4 aromatic rings. The molecule has 0 saturated heterocycles. The van der Waals surface area contributed by atoms with Gasteiger partial charge >= 0.3 is 12.2 Å². The molecule has 11 heteroatoms. The summed E-state index contributed by atoms with van der Waals surface area (Å²) in [4.78, 5) is 25.8. The van der Waals surface area contributed by atoms with Crippen molar-refractivity contribution in [1.82, 2.24) is 25.2 Å². The van der Waals surface area contributed by atoms with Gasteiger partial charge in [-0.25, -0.2) is 9.78 Å². The first-order chi connectivity index (χ1) is 16.4. The third-order valence-corrected chi connectivity index (χ3v) is 4.77. The van der Waals surface area contributed by atoms with Crippen molar-refractivity contribution in [3.05, 3.63) is 84.4 Å². The van der Waals surface area contributed by atoms with Gasteiger partial charge in [-0.15, -0.1) is 0 Å². The van der Waals surface area contributed by atoms with Crippen LogP contribution in [0, 0.1) is 0 Å². The molecule has 0 aliphatic carbocycles. The van der Waals surface area contributed by atoms with E-state index < -0.39 is 18.8 Å². The number of amides is 2. The van der Waals surface area contributed by atoms with Crippen molar-refractivity contribution in [2.45, 2.75) is 19.3 Å². The summed E-state index contributed by atoms with van der Waals surface area (Å²) in [5.41, 5.74) is 7.26. The fourth-order valence-corrected chi connectivity index (χ4v) is 3.20. The van der Waals surface area contributed by atoms with Crippen molar-refractivity contribution in [1.29, 1.82) is 0 Å². The summed E-state index contributed by atoms with van der Waals surface area (Å²) in [5.74, 6) is 0. The topological polar surface area (TPSA) is 92.6 Å². The Kier molecular flexibility index (Phi) is 7.04. The number of hydroxylamine groups is 1. The highest BCUT2D eigenvalue weighted by Crippen LogP contribution is 2.24. The van der Waals surface area contributed by atoms with Crippen molar-refractivity contribution >= 4 is 17.4 Å². The molecule has 0 atom stereocenters. The molecule has 3 heterocycles. The van der Waals surface area contributed by atoms with E-state index in [1.54, 1.807) is 35.9 Å². The molecule has 0 saturated carbocycles. The second-order valence-corrected chi connectivity index (χ2v) is 7.34. The van der Waals surface area contributed by atoms with Gasteiger partial charge in [-0.1, -0.05) is 18.2 Å². The minimum Gasteiger partial charge on any atom is -0.329 e. The largest absolute Gasteiger partial charge is 0.405 e. The molecule has 34 heavy (non-hydrogen) atoms. The van der Waals surface area contributed by atoms with Crippen molar-refractivity contribution < 1.29 is 22.8 Å². The molecule has 0 radical (unpaired) electrons. The molecular weight excluding hydrogens is 449 g/mol. The lowest BCUT2D eigenvalue weighted by Crippen LogP contribution is -2.36. The highest BCUT2D eigenvalue weighted by Gasteiger charge is 2.27. The quantitative estimate of drug-likeness (QED) is 0.264. The summed E-state index contributed by atoms with van der Waals surface area (Å²) >= 11 is 0. The van der Waals surface area contributed by atoms with Gasteiger partial charge < -0.3 is 10.6 Å². The molecule has 2 amide bonds. The minimum absolute atomic E-state index is 0.342. The number of pyridine rings is 2. The molecule has 0 spiro atoms. The first-order valence-corrected chi connectivity index (χ1v) is 10.3. The Morgan fingerprint density at radius 3 is 2.74 bits per heavy atom. The summed E-state index contributed by atoms with van der Waals surface area (Å²) in [6.07, 6.45) is 0.781. The maximum Gasteiger partial charge on any atom is 0.405 e. The smallest absolute Gasteiger partial charge is 0.329 e. The van der Waals surface area contributed by atoms with Crippen molar-refractivity contribution in [2.75, 3.05) is 11.9 Å². The fraction of sp³-hybridized carbons (Fsp3) is 0.174. The predicted molar refractivity (Wildman–Crippen MR) is 120 cm³/mol. The van der Waals surface area contributed by atoms with Crippen LogP contribution in [0.5, 0.6) is 0 Å². The summed E-state index contributed by atoms with van der Waals surface area (Å²) < 4.78 is 38.7. The van der Waals surface area contributed by atoms with Crippen LogP contribution in [-0.4, -0.2) is 33.1 Å². The van der Waals surface area contributed by atoms with Crippen LogP contribution < -0.4 is 16.1 Å². The van der Waals surface area contributed by atoms with Gasteiger partial charge in [0, 0.05) is 30.2 Å². The van der Waals surface area contributed by atoms with Crippen molar-refractivity contribution in [3.63, 3.8) is 0 Å². The van der Waals surface area contributed by atoms with Crippen LogP contribution >= 0.6 is 0 Å². The first kappa shape index (κ1) is 23.2. The van der Waals surface area contributed by atoms with Crippen LogP contribution in [0.3, 0.4) is 0 Å². The lowest BCUT2D eigenvalue weighted by molar-refractivity contribution is -0.122. The lowest BCUT2D eigenvalue weighted by Gasteiger charge is -2.11. The summed E-state index contributed by atoms with van der Waals surface area (Å²) in [5, 5.41) is 4.19. The number of anilines is 1. The molecule has 1 aromatic carbocycles. The highest BCUT2D eigenvalue weighted by molar-refractivity contribution is 5.90. The minimum atomic E-state index is -4.48. The van der Waals surface area contributed by atoms with Crippen LogP contribution in [0.4, 0.5) is 23.7 Å². The number of halogens is 3. The standard InChI is InChI=1S/C23H21F3N6O2/c24-23(25,26)15-29-22(33)31-18-6-3-4-17(11-18)20-13-28-21-10-16(7-9-32(20)21)12-30-34-14-19-5-1-2-8-27-19/h1-11,13,30H,12,14-15H2,(H2,29,31,33). The second kappa shape index (κ2) is 10.3. The summed E-state index contributed by atoms with van der Waals surface area (Å²) in [7, 11) is 0. The van der Waals surface area contributed by atoms with Gasteiger partial charge in [0.05, 0.1) is 17.6 Å². The number of carbonyl (C=O) groups is 1. The number of aromatic nitrogens is 3. The van der Waals surface area contributed by atoms with Gasteiger partial charge in [0.2, 0.25) is 0 Å². The zero-order chi connectivity index (χ0) is 24.0. The number of nitrogens with one attached hydrogen (secondary N) is 3. The first-order valence-electron chi connectivity index (χ1n) is 10.3. The van der Waals surface area contributed by atoms with E-state index in [0.29, 0.717) is 24.5 Å². The van der Waals surface area contributed by atoms with Crippen LogP contribution in [-0.2, 0) is 18.0 Å². The average molecular weight is 470 g/mol. The molecule has 0 bridgehead atoms. The maximum absolute atomic E-state index is 12.3. The van der Waals surface area contributed by atoms with Crippen molar-refractivity contribution in [2.24, 2.45) is 0 Å². The Bertz CT molecular complexity index is 1260. The van der Waals surface area contributed by atoms with Crippen LogP contribution in [0.15, 0.2) is 73.2 Å². The molecule has 3 N–H and O–H groups in total. The number of hydrogen-bond donors (Lipinski definition) is 3. The number of carbonyl (C=O) groups excluding carboxylic acids is 1. The van der Waals surface area contributed by atoms with E-state index >= 15 is 0 Å². The van der Waals surface area contributed by atoms with Gasteiger partial charge in [-0.2, -0.15) is 18.7 Å². The van der Waals surface area contributed by atoms with Crippen LogP contribution in [0.25, 0.3) is 16.9 Å². The van der Waals surface area contributed by atoms with Gasteiger partial charge in [0.1, 0.15) is 18.8 Å². The van der Waals surface area contributed by atoms with E-state index in [0.717, 1.165) is 22.5 Å². The third-order valence-electron chi connectivity index (χ3n) is 4.77. The molecule has 0 fully saturated rings. The van der Waals surface area contributed by atoms with Crippen LogP contribution in [0.1, 0.15) is 11.3 Å². The number of nitrogens with zero attached hydrogens (tertiary/aromatic N) is 3. The number of imidazole rings is 1. The molecular formula is C23H21F3N6O2. The van der Waals surface area contributed by atoms with Gasteiger partial charge in [0.25, 0.3) is 0 Å². The summed E-state index contributed by atoms with van der Waals surface area (Å²) in [6, 6.07) is 15.3. The van der Waals surface area contributed by atoms with Gasteiger partial charge in [0.15, 0.2) is 0 Å². The lowest BCUT2D eigenvalue weighted by atomic mass is 10.1. The zero-order valence-electron chi connectivity index (χ0n) is 17.8. The number of alkyl halides is 3. The van der Waals surface area contributed by atoms with Gasteiger partial charge in [-0.05, 0) is 42.0 Å². The van der Waals surface area contributed by atoms with E-state index in [2.05, 4.69) is 20.8 Å². The second-order valence-electron chi connectivity index (χ2n) is 7.34. The molecule has 0 aliphatic heterocycles. The average Bonchev–Trinajstić information content (AvgIpc) is 3.24. The maximum atomic E-state index is 12.3. The number of hydrogen-bond acceptors (Lipinski definition) is 5. The van der Waals surface area contributed by atoms with E-state index in [4.69, 9.17) is 4.84 Å². The number of rotatable bonds is 8.